The van der Waals surface area contributed by atoms with Crippen molar-refractivity contribution in [2.24, 2.45) is 0 Å². The average Bonchev–Trinajstić information content (AvgIpc) is 2.58. The van der Waals surface area contributed by atoms with Gasteiger partial charge in [-0.3, -0.25) is 9.59 Å². The number of ketones is 1. The van der Waals surface area contributed by atoms with Gasteiger partial charge in [-0.05, 0) is 43.7 Å². The number of Topliss-reactive ketones (excluding diaryl/α,β-unsaturated/α-hetero) is 1. The summed E-state index contributed by atoms with van der Waals surface area (Å²) in [5.41, 5.74) is 1.49. The molecule has 0 spiro atoms. The summed E-state index contributed by atoms with van der Waals surface area (Å²) >= 11 is 0. The average molecular weight is 327 g/mol. The van der Waals surface area contributed by atoms with Crippen LogP contribution in [0.1, 0.15) is 42.6 Å². The number of benzene rings is 2. The highest BCUT2D eigenvalue weighted by Gasteiger charge is 2.18. The minimum Gasteiger partial charge on any atom is -0.336 e. The second-order valence-corrected chi connectivity index (χ2v) is 6.03. The molecule has 0 unspecified atom stereocenters. The van der Waals surface area contributed by atoms with Crippen LogP contribution >= 0.6 is 0 Å². The zero-order valence-corrected chi connectivity index (χ0v) is 14.0. The lowest BCUT2D eigenvalue weighted by molar-refractivity contribution is -0.133. The minimum atomic E-state index is -0.378. The van der Waals surface area contributed by atoms with Gasteiger partial charge in [0.1, 0.15) is 5.82 Å². The Morgan fingerprint density at radius 3 is 2.17 bits per heavy atom. The summed E-state index contributed by atoms with van der Waals surface area (Å²) in [6.45, 7) is 4.45. The standard InChI is InChI=1S/C20H22FNO2/c1-15(2)22(14-16-6-4-3-5-7-16)20(24)13-12-19(23)17-8-10-18(21)11-9-17/h3-11,15H,12-14H2,1-2H3. The van der Waals surface area contributed by atoms with Crippen molar-refractivity contribution in [1.29, 1.82) is 0 Å². The van der Waals surface area contributed by atoms with Crippen molar-refractivity contribution < 1.29 is 14.0 Å². The molecule has 0 saturated heterocycles. The molecule has 0 aromatic heterocycles. The second kappa shape index (κ2) is 8.39. The van der Waals surface area contributed by atoms with E-state index in [-0.39, 0.29) is 36.4 Å². The number of hydrogen-bond donors (Lipinski definition) is 0. The van der Waals surface area contributed by atoms with E-state index in [9.17, 15) is 14.0 Å². The third-order valence-electron chi connectivity index (χ3n) is 3.87. The molecule has 2 aromatic rings. The number of rotatable bonds is 7. The van der Waals surface area contributed by atoms with Gasteiger partial charge in [0.15, 0.2) is 5.78 Å². The molecular formula is C20H22FNO2. The van der Waals surface area contributed by atoms with Crippen LogP contribution in [0.3, 0.4) is 0 Å². The van der Waals surface area contributed by atoms with Gasteiger partial charge in [0.05, 0.1) is 0 Å². The van der Waals surface area contributed by atoms with Crippen molar-refractivity contribution >= 4 is 11.7 Å². The summed E-state index contributed by atoms with van der Waals surface area (Å²) in [7, 11) is 0. The van der Waals surface area contributed by atoms with Gasteiger partial charge < -0.3 is 4.90 Å². The van der Waals surface area contributed by atoms with Gasteiger partial charge in [-0.1, -0.05) is 30.3 Å². The zero-order valence-electron chi connectivity index (χ0n) is 14.0. The second-order valence-electron chi connectivity index (χ2n) is 6.03. The highest BCUT2D eigenvalue weighted by Crippen LogP contribution is 2.13. The van der Waals surface area contributed by atoms with Crippen molar-refractivity contribution in [2.45, 2.75) is 39.3 Å². The first-order valence-electron chi connectivity index (χ1n) is 8.09. The predicted octanol–water partition coefficient (Wildman–Crippen LogP) is 4.23. The Morgan fingerprint density at radius 2 is 1.58 bits per heavy atom. The van der Waals surface area contributed by atoms with Gasteiger partial charge in [0.25, 0.3) is 0 Å². The van der Waals surface area contributed by atoms with Crippen molar-refractivity contribution in [1.82, 2.24) is 4.90 Å². The lowest BCUT2D eigenvalue weighted by atomic mass is 10.1. The predicted molar refractivity (Wildman–Crippen MR) is 92.1 cm³/mol. The first-order chi connectivity index (χ1) is 11.5. The quantitative estimate of drug-likeness (QED) is 0.714. The zero-order chi connectivity index (χ0) is 17.5. The Bertz CT molecular complexity index is 681. The highest BCUT2D eigenvalue weighted by molar-refractivity contribution is 5.97. The maximum absolute atomic E-state index is 12.9. The van der Waals surface area contributed by atoms with Crippen LogP contribution < -0.4 is 0 Å². The van der Waals surface area contributed by atoms with E-state index in [0.29, 0.717) is 12.1 Å². The highest BCUT2D eigenvalue weighted by atomic mass is 19.1. The van der Waals surface area contributed by atoms with Gasteiger partial charge in [-0.25, -0.2) is 4.39 Å². The third kappa shape index (κ3) is 5.01. The van der Waals surface area contributed by atoms with E-state index in [1.165, 1.54) is 24.3 Å². The van der Waals surface area contributed by atoms with E-state index in [1.807, 2.05) is 44.2 Å². The topological polar surface area (TPSA) is 37.4 Å². The first-order valence-corrected chi connectivity index (χ1v) is 8.09. The van der Waals surface area contributed by atoms with Gasteiger partial charge in [-0.15, -0.1) is 0 Å². The Hall–Kier alpha value is -2.49. The number of nitrogens with zero attached hydrogens (tertiary/aromatic N) is 1. The summed E-state index contributed by atoms with van der Waals surface area (Å²) in [5, 5.41) is 0. The minimum absolute atomic E-state index is 0.0516. The number of halogens is 1. The Labute approximate surface area is 142 Å². The monoisotopic (exact) mass is 327 g/mol. The van der Waals surface area contributed by atoms with Gasteiger partial charge in [-0.2, -0.15) is 0 Å². The molecule has 3 nitrogen and oxygen atoms in total. The van der Waals surface area contributed by atoms with Crippen LogP contribution in [0.4, 0.5) is 4.39 Å². The van der Waals surface area contributed by atoms with Crippen LogP contribution in [-0.2, 0) is 11.3 Å². The van der Waals surface area contributed by atoms with Gasteiger partial charge in [0, 0.05) is 31.0 Å². The first kappa shape index (κ1) is 17.9. The van der Waals surface area contributed by atoms with Crippen LogP contribution in [-0.4, -0.2) is 22.6 Å². The Kier molecular flexibility index (Phi) is 6.24. The molecule has 0 saturated carbocycles. The summed E-state index contributed by atoms with van der Waals surface area (Å²) < 4.78 is 12.9. The van der Waals surface area contributed by atoms with Crippen LogP contribution in [0.2, 0.25) is 0 Å². The molecule has 2 aromatic carbocycles. The number of carbonyl (C=O) groups is 2. The van der Waals surface area contributed by atoms with Crippen molar-refractivity contribution in [3.8, 4) is 0 Å². The molecule has 0 aliphatic heterocycles. The molecule has 0 bridgehead atoms. The lowest BCUT2D eigenvalue weighted by Crippen LogP contribution is -2.36. The normalized spacial score (nSPS) is 10.7. The van der Waals surface area contributed by atoms with Gasteiger partial charge >= 0.3 is 0 Å². The summed E-state index contributed by atoms with van der Waals surface area (Å²) in [5.74, 6) is -0.576. The fraction of sp³-hybridized carbons (Fsp3) is 0.300. The van der Waals surface area contributed by atoms with E-state index in [4.69, 9.17) is 0 Å². The summed E-state index contributed by atoms with van der Waals surface area (Å²) in [6, 6.07) is 15.2. The molecule has 0 aliphatic rings. The summed E-state index contributed by atoms with van der Waals surface area (Å²) in [4.78, 5) is 26.4. The molecule has 0 fully saturated rings. The summed E-state index contributed by atoms with van der Waals surface area (Å²) in [6.07, 6.45) is 0.281. The van der Waals surface area contributed by atoms with Crippen molar-refractivity contribution in [3.05, 3.63) is 71.5 Å². The van der Waals surface area contributed by atoms with Crippen LogP contribution in [0, 0.1) is 5.82 Å². The Balaban J connectivity index is 1.95. The third-order valence-corrected chi connectivity index (χ3v) is 3.87. The number of carbonyl (C=O) groups excluding carboxylic acids is 2. The lowest BCUT2D eigenvalue weighted by Gasteiger charge is -2.27. The van der Waals surface area contributed by atoms with E-state index in [2.05, 4.69) is 0 Å². The molecule has 0 radical (unpaired) electrons. The van der Waals surface area contributed by atoms with E-state index >= 15 is 0 Å². The molecule has 2 rings (SSSR count). The molecule has 1 amide bonds. The largest absolute Gasteiger partial charge is 0.336 e. The van der Waals surface area contributed by atoms with Crippen molar-refractivity contribution in [3.63, 3.8) is 0 Å². The molecule has 4 heteroatoms. The van der Waals surface area contributed by atoms with Crippen LogP contribution in [0.15, 0.2) is 54.6 Å². The van der Waals surface area contributed by atoms with Crippen molar-refractivity contribution in [2.75, 3.05) is 0 Å². The maximum atomic E-state index is 12.9. The fourth-order valence-electron chi connectivity index (χ4n) is 2.48. The number of hydrogen-bond acceptors (Lipinski definition) is 2. The molecule has 0 N–H and O–H groups in total. The molecule has 0 atom stereocenters. The van der Waals surface area contributed by atoms with E-state index < -0.39 is 0 Å². The smallest absolute Gasteiger partial charge is 0.223 e. The SMILES string of the molecule is CC(C)N(Cc1ccccc1)C(=O)CCC(=O)c1ccc(F)cc1. The van der Waals surface area contributed by atoms with E-state index in [0.717, 1.165) is 5.56 Å². The number of amides is 1. The van der Waals surface area contributed by atoms with Crippen LogP contribution in [0.25, 0.3) is 0 Å². The molecule has 126 valence electrons. The molecule has 24 heavy (non-hydrogen) atoms. The van der Waals surface area contributed by atoms with Gasteiger partial charge in [0.2, 0.25) is 5.91 Å². The molecular weight excluding hydrogens is 305 g/mol. The molecule has 0 aliphatic carbocycles. The maximum Gasteiger partial charge on any atom is 0.223 e. The molecule has 0 heterocycles. The fourth-order valence-corrected chi connectivity index (χ4v) is 2.48. The Morgan fingerprint density at radius 1 is 0.958 bits per heavy atom. The van der Waals surface area contributed by atoms with Crippen LogP contribution in [0.5, 0.6) is 0 Å². The van der Waals surface area contributed by atoms with E-state index in [1.54, 1.807) is 4.90 Å².